The lowest BCUT2D eigenvalue weighted by atomic mass is 10.3. The summed E-state index contributed by atoms with van der Waals surface area (Å²) in [5.74, 6) is 2.57. The van der Waals surface area contributed by atoms with Crippen LogP contribution in [0.4, 0.5) is 0 Å². The Hall–Kier alpha value is -1.62. The Labute approximate surface area is 111 Å². The summed E-state index contributed by atoms with van der Waals surface area (Å²) >= 11 is 1.68. The molecule has 0 aliphatic heterocycles. The van der Waals surface area contributed by atoms with E-state index in [-0.39, 0.29) is 0 Å². The van der Waals surface area contributed by atoms with Crippen LogP contribution in [0.1, 0.15) is 0 Å². The van der Waals surface area contributed by atoms with Gasteiger partial charge in [-0.1, -0.05) is 11.8 Å². The molecule has 96 valence electrons. The van der Waals surface area contributed by atoms with Gasteiger partial charge >= 0.3 is 0 Å². The molecule has 2 rings (SSSR count). The Morgan fingerprint density at radius 1 is 1.22 bits per heavy atom. The van der Waals surface area contributed by atoms with Crippen molar-refractivity contribution in [1.29, 1.82) is 0 Å². The molecule has 1 heterocycles. The summed E-state index contributed by atoms with van der Waals surface area (Å²) in [7, 11) is 3.64. The van der Waals surface area contributed by atoms with Crippen LogP contribution < -0.4 is 9.47 Å². The molecule has 2 aromatic rings. The average Bonchev–Trinajstić information content (AvgIpc) is 2.81. The van der Waals surface area contributed by atoms with Crippen LogP contribution in [-0.4, -0.2) is 29.0 Å². The fraction of sp³-hybridized carbons (Fsp3) is 0.308. The number of nitrogens with zero attached hydrogens (tertiary/aromatic N) is 2. The first-order valence-electron chi connectivity index (χ1n) is 5.66. The van der Waals surface area contributed by atoms with Crippen molar-refractivity contribution < 1.29 is 9.47 Å². The van der Waals surface area contributed by atoms with Crippen LogP contribution in [0.5, 0.6) is 11.5 Å². The Balaban J connectivity index is 1.73. The van der Waals surface area contributed by atoms with Crippen molar-refractivity contribution in [1.82, 2.24) is 9.55 Å². The van der Waals surface area contributed by atoms with E-state index in [1.165, 1.54) is 0 Å². The van der Waals surface area contributed by atoms with Gasteiger partial charge in [0.2, 0.25) is 0 Å². The van der Waals surface area contributed by atoms with Gasteiger partial charge in [-0.05, 0) is 24.3 Å². The number of aryl methyl sites for hydroxylation is 1. The summed E-state index contributed by atoms with van der Waals surface area (Å²) in [6, 6.07) is 7.59. The number of methoxy groups -OCH3 is 1. The average molecular weight is 264 g/mol. The lowest BCUT2D eigenvalue weighted by Gasteiger charge is -2.06. The van der Waals surface area contributed by atoms with E-state index in [1.54, 1.807) is 25.1 Å². The predicted molar refractivity (Wildman–Crippen MR) is 72.4 cm³/mol. The first kappa shape index (κ1) is 12.8. The Kier molecular flexibility index (Phi) is 4.52. The van der Waals surface area contributed by atoms with Crippen molar-refractivity contribution in [3.63, 3.8) is 0 Å². The van der Waals surface area contributed by atoms with Gasteiger partial charge in [0.1, 0.15) is 11.5 Å². The lowest BCUT2D eigenvalue weighted by Crippen LogP contribution is -2.01. The Morgan fingerprint density at radius 2 is 1.94 bits per heavy atom. The van der Waals surface area contributed by atoms with Crippen LogP contribution in [0, 0.1) is 0 Å². The minimum absolute atomic E-state index is 0.657. The molecule has 0 atom stereocenters. The number of ether oxygens (including phenoxy) is 2. The van der Waals surface area contributed by atoms with Gasteiger partial charge in [-0.15, -0.1) is 0 Å². The molecular weight excluding hydrogens is 248 g/mol. The second-order valence-electron chi connectivity index (χ2n) is 3.69. The maximum Gasteiger partial charge on any atom is 0.167 e. The van der Waals surface area contributed by atoms with Gasteiger partial charge < -0.3 is 14.0 Å². The highest BCUT2D eigenvalue weighted by atomic mass is 32.2. The van der Waals surface area contributed by atoms with Gasteiger partial charge in [0, 0.05) is 25.2 Å². The zero-order chi connectivity index (χ0) is 12.8. The van der Waals surface area contributed by atoms with Gasteiger partial charge in [-0.3, -0.25) is 0 Å². The predicted octanol–water partition coefficient (Wildman–Crippen LogP) is 2.60. The SMILES string of the molecule is COc1ccc(OCCSc2nccn2C)cc1. The number of hydrogen-bond donors (Lipinski definition) is 0. The molecule has 0 unspecified atom stereocenters. The zero-order valence-electron chi connectivity index (χ0n) is 10.5. The highest BCUT2D eigenvalue weighted by molar-refractivity contribution is 7.99. The molecule has 0 aliphatic carbocycles. The number of hydrogen-bond acceptors (Lipinski definition) is 4. The molecule has 0 N–H and O–H groups in total. The number of aromatic nitrogens is 2. The normalized spacial score (nSPS) is 10.3. The van der Waals surface area contributed by atoms with Crippen LogP contribution in [0.3, 0.4) is 0 Å². The number of imidazole rings is 1. The van der Waals surface area contributed by atoms with E-state index in [0.717, 1.165) is 22.4 Å². The molecule has 0 saturated carbocycles. The van der Waals surface area contributed by atoms with E-state index in [4.69, 9.17) is 9.47 Å². The number of thioether (sulfide) groups is 1. The van der Waals surface area contributed by atoms with Crippen molar-refractivity contribution in [2.45, 2.75) is 5.16 Å². The van der Waals surface area contributed by atoms with Crippen molar-refractivity contribution in [3.05, 3.63) is 36.7 Å². The second-order valence-corrected chi connectivity index (χ2v) is 4.76. The third kappa shape index (κ3) is 3.43. The smallest absolute Gasteiger partial charge is 0.167 e. The highest BCUT2D eigenvalue weighted by Crippen LogP contribution is 2.18. The summed E-state index contributed by atoms with van der Waals surface area (Å²) in [4.78, 5) is 4.24. The molecule has 18 heavy (non-hydrogen) atoms. The van der Waals surface area contributed by atoms with E-state index in [1.807, 2.05) is 42.1 Å². The van der Waals surface area contributed by atoms with Crippen LogP contribution in [0.15, 0.2) is 41.8 Å². The van der Waals surface area contributed by atoms with Crippen LogP contribution >= 0.6 is 11.8 Å². The molecule has 5 heteroatoms. The minimum Gasteiger partial charge on any atom is -0.497 e. The lowest BCUT2D eigenvalue weighted by molar-refractivity contribution is 0.342. The standard InChI is InChI=1S/C13H16N2O2S/c1-15-8-7-14-13(15)18-10-9-17-12-5-3-11(16-2)4-6-12/h3-8H,9-10H2,1-2H3. The molecule has 1 aromatic carbocycles. The third-order valence-corrected chi connectivity index (χ3v) is 3.44. The zero-order valence-corrected chi connectivity index (χ0v) is 11.3. The van der Waals surface area contributed by atoms with Crippen LogP contribution in [0.2, 0.25) is 0 Å². The summed E-state index contributed by atoms with van der Waals surface area (Å²) in [5.41, 5.74) is 0. The van der Waals surface area contributed by atoms with E-state index in [2.05, 4.69) is 4.98 Å². The summed E-state index contributed by atoms with van der Waals surface area (Å²) in [6.07, 6.45) is 3.74. The molecule has 0 bridgehead atoms. The van der Waals surface area contributed by atoms with Gasteiger partial charge in [-0.2, -0.15) is 0 Å². The fourth-order valence-corrected chi connectivity index (χ4v) is 2.20. The number of benzene rings is 1. The summed E-state index contributed by atoms with van der Waals surface area (Å²) < 4.78 is 12.7. The highest BCUT2D eigenvalue weighted by Gasteiger charge is 2.00. The molecule has 0 aliphatic rings. The van der Waals surface area contributed by atoms with E-state index < -0.39 is 0 Å². The van der Waals surface area contributed by atoms with Crippen LogP contribution in [-0.2, 0) is 7.05 Å². The van der Waals surface area contributed by atoms with Crippen molar-refractivity contribution in [2.24, 2.45) is 7.05 Å². The van der Waals surface area contributed by atoms with Gasteiger partial charge in [-0.25, -0.2) is 4.98 Å². The quantitative estimate of drug-likeness (QED) is 0.593. The first-order valence-corrected chi connectivity index (χ1v) is 6.65. The fourth-order valence-electron chi connectivity index (χ4n) is 1.46. The van der Waals surface area contributed by atoms with E-state index in [9.17, 15) is 0 Å². The van der Waals surface area contributed by atoms with Gasteiger partial charge in [0.25, 0.3) is 0 Å². The van der Waals surface area contributed by atoms with Gasteiger partial charge in [0.15, 0.2) is 5.16 Å². The molecule has 0 amide bonds. The molecule has 0 spiro atoms. The largest absolute Gasteiger partial charge is 0.497 e. The monoisotopic (exact) mass is 264 g/mol. The van der Waals surface area contributed by atoms with Gasteiger partial charge in [0.05, 0.1) is 13.7 Å². The topological polar surface area (TPSA) is 36.3 Å². The molecule has 0 radical (unpaired) electrons. The minimum atomic E-state index is 0.657. The Morgan fingerprint density at radius 3 is 2.56 bits per heavy atom. The molecule has 0 fully saturated rings. The maximum absolute atomic E-state index is 5.63. The van der Waals surface area contributed by atoms with Crippen molar-refractivity contribution in [2.75, 3.05) is 19.5 Å². The van der Waals surface area contributed by atoms with E-state index >= 15 is 0 Å². The molecule has 0 saturated heterocycles. The molecule has 4 nitrogen and oxygen atoms in total. The van der Waals surface area contributed by atoms with Crippen LogP contribution in [0.25, 0.3) is 0 Å². The maximum atomic E-state index is 5.63. The molecular formula is C13H16N2O2S. The second kappa shape index (κ2) is 6.35. The molecule has 1 aromatic heterocycles. The third-order valence-electron chi connectivity index (χ3n) is 2.42. The number of rotatable bonds is 6. The Bertz CT molecular complexity index is 482. The summed E-state index contributed by atoms with van der Waals surface area (Å²) in [5, 5.41) is 1.01. The summed E-state index contributed by atoms with van der Waals surface area (Å²) in [6.45, 7) is 0.657. The van der Waals surface area contributed by atoms with Crippen molar-refractivity contribution in [3.8, 4) is 11.5 Å². The van der Waals surface area contributed by atoms with Crippen molar-refractivity contribution >= 4 is 11.8 Å². The first-order chi connectivity index (χ1) is 8.79. The van der Waals surface area contributed by atoms with E-state index in [0.29, 0.717) is 6.61 Å².